The SMILES string of the molecule is CCCCc1ccc(-c2ccc(CCc3ccc(C4=CCC(CCC)CC4)c(F)c3F)cc2)c(F)c1. The van der Waals surface area contributed by atoms with Gasteiger partial charge in [-0.15, -0.1) is 0 Å². The molecule has 36 heavy (non-hydrogen) atoms. The Bertz CT molecular complexity index is 1190. The molecule has 0 fully saturated rings. The third kappa shape index (κ3) is 6.30. The van der Waals surface area contributed by atoms with Crippen LogP contribution in [0.5, 0.6) is 0 Å². The van der Waals surface area contributed by atoms with Gasteiger partial charge >= 0.3 is 0 Å². The van der Waals surface area contributed by atoms with Gasteiger partial charge in [-0.2, -0.15) is 0 Å². The zero-order chi connectivity index (χ0) is 25.5. The number of unbranched alkanes of at least 4 members (excludes halogenated alkanes) is 1. The Labute approximate surface area is 214 Å². The topological polar surface area (TPSA) is 0 Å². The van der Waals surface area contributed by atoms with Crippen molar-refractivity contribution in [2.24, 2.45) is 5.92 Å². The number of hydrogen-bond acceptors (Lipinski definition) is 0. The average molecular weight is 491 g/mol. The van der Waals surface area contributed by atoms with Gasteiger partial charge in [-0.3, -0.25) is 0 Å². The second-order valence-corrected chi connectivity index (χ2v) is 10.2. The molecule has 0 bridgehead atoms. The Morgan fingerprint density at radius 3 is 2.17 bits per heavy atom. The first-order chi connectivity index (χ1) is 17.5. The molecule has 4 rings (SSSR count). The number of rotatable bonds is 10. The van der Waals surface area contributed by atoms with E-state index in [0.717, 1.165) is 67.2 Å². The maximum Gasteiger partial charge on any atom is 0.166 e. The summed E-state index contributed by atoms with van der Waals surface area (Å²) in [4.78, 5) is 0. The lowest BCUT2D eigenvalue weighted by Crippen LogP contribution is -2.07. The number of allylic oxidation sites excluding steroid dienone is 2. The zero-order valence-corrected chi connectivity index (χ0v) is 21.6. The number of benzene rings is 3. The Morgan fingerprint density at radius 1 is 0.750 bits per heavy atom. The largest absolute Gasteiger partial charge is 0.206 e. The molecule has 0 saturated carbocycles. The lowest BCUT2D eigenvalue weighted by Gasteiger charge is -2.22. The standard InChI is InChI=1S/C33H37F3/c1-3-5-7-25-13-20-29(31(34)22-25)26-14-10-24(11-15-26)12-18-28-19-21-30(33(36)32(28)35)27-16-8-23(6-4-2)9-17-27/h10-11,13-16,19-23H,3-9,12,17-18H2,1-2H3. The van der Waals surface area contributed by atoms with Crippen molar-refractivity contribution in [1.82, 2.24) is 0 Å². The molecule has 3 aromatic rings. The molecule has 0 N–H and O–H groups in total. The molecular formula is C33H37F3. The van der Waals surface area contributed by atoms with Gasteiger partial charge in [0.2, 0.25) is 0 Å². The molecule has 0 saturated heterocycles. The van der Waals surface area contributed by atoms with E-state index < -0.39 is 11.6 Å². The predicted octanol–water partition coefficient (Wildman–Crippen LogP) is 9.88. The minimum absolute atomic E-state index is 0.206. The normalized spacial score (nSPS) is 15.7. The van der Waals surface area contributed by atoms with Crippen LogP contribution in [0.15, 0.2) is 60.7 Å². The van der Waals surface area contributed by atoms with Gasteiger partial charge in [0.15, 0.2) is 11.6 Å². The van der Waals surface area contributed by atoms with E-state index in [0.29, 0.717) is 35.4 Å². The van der Waals surface area contributed by atoms with E-state index in [1.165, 1.54) is 6.42 Å². The fraction of sp³-hybridized carbons (Fsp3) is 0.394. The minimum Gasteiger partial charge on any atom is -0.206 e. The van der Waals surface area contributed by atoms with Gasteiger partial charge in [-0.25, -0.2) is 13.2 Å². The summed E-state index contributed by atoms with van der Waals surface area (Å²) in [6, 6.07) is 16.7. The van der Waals surface area contributed by atoms with Crippen molar-refractivity contribution in [3.05, 3.63) is 100 Å². The van der Waals surface area contributed by atoms with Crippen LogP contribution >= 0.6 is 0 Å². The summed E-state index contributed by atoms with van der Waals surface area (Å²) in [5.41, 5.74) is 5.19. The molecule has 3 aromatic carbocycles. The van der Waals surface area contributed by atoms with Gasteiger partial charge in [0.25, 0.3) is 0 Å². The van der Waals surface area contributed by atoms with Crippen LogP contribution in [0, 0.1) is 23.4 Å². The molecule has 3 heteroatoms. The van der Waals surface area contributed by atoms with Crippen LogP contribution in [0.1, 0.15) is 81.0 Å². The van der Waals surface area contributed by atoms with E-state index in [9.17, 15) is 13.2 Å². The molecule has 0 radical (unpaired) electrons. The highest BCUT2D eigenvalue weighted by molar-refractivity contribution is 5.67. The van der Waals surface area contributed by atoms with E-state index in [4.69, 9.17) is 0 Å². The third-order valence-electron chi connectivity index (χ3n) is 7.53. The van der Waals surface area contributed by atoms with Crippen molar-refractivity contribution in [3.63, 3.8) is 0 Å². The van der Waals surface area contributed by atoms with Crippen molar-refractivity contribution < 1.29 is 13.2 Å². The second-order valence-electron chi connectivity index (χ2n) is 10.2. The average Bonchev–Trinajstić information content (AvgIpc) is 2.90. The highest BCUT2D eigenvalue weighted by atomic mass is 19.2. The molecule has 0 spiro atoms. The first-order valence-electron chi connectivity index (χ1n) is 13.5. The molecule has 190 valence electrons. The minimum atomic E-state index is -0.731. The lowest BCUT2D eigenvalue weighted by atomic mass is 9.84. The van der Waals surface area contributed by atoms with Crippen molar-refractivity contribution in [2.75, 3.05) is 0 Å². The Kier molecular flexibility index (Phi) is 9.07. The molecule has 0 aromatic heterocycles. The number of aryl methyl sites for hydroxylation is 3. The molecule has 0 amide bonds. The first kappa shape index (κ1) is 26.3. The van der Waals surface area contributed by atoms with E-state index in [1.54, 1.807) is 18.2 Å². The Hall–Kier alpha value is -2.81. The van der Waals surface area contributed by atoms with Crippen LogP contribution in [-0.4, -0.2) is 0 Å². The van der Waals surface area contributed by atoms with E-state index in [2.05, 4.69) is 19.9 Å². The Morgan fingerprint density at radius 2 is 1.50 bits per heavy atom. The lowest BCUT2D eigenvalue weighted by molar-refractivity contribution is 0.443. The molecular weight excluding hydrogens is 453 g/mol. The van der Waals surface area contributed by atoms with E-state index in [-0.39, 0.29) is 5.82 Å². The van der Waals surface area contributed by atoms with Crippen LogP contribution in [0.3, 0.4) is 0 Å². The van der Waals surface area contributed by atoms with Crippen molar-refractivity contribution >= 4 is 5.57 Å². The molecule has 1 unspecified atom stereocenters. The zero-order valence-electron chi connectivity index (χ0n) is 21.6. The predicted molar refractivity (Wildman–Crippen MR) is 144 cm³/mol. The quantitative estimate of drug-likeness (QED) is 0.265. The van der Waals surface area contributed by atoms with Crippen LogP contribution in [0.2, 0.25) is 0 Å². The van der Waals surface area contributed by atoms with Gasteiger partial charge in [-0.1, -0.05) is 87.7 Å². The second kappa shape index (κ2) is 12.4. The summed E-state index contributed by atoms with van der Waals surface area (Å²) in [5.74, 6) is -0.992. The van der Waals surface area contributed by atoms with Crippen LogP contribution < -0.4 is 0 Å². The summed E-state index contributed by atoms with van der Waals surface area (Å²) >= 11 is 0. The maximum atomic E-state index is 14.9. The summed E-state index contributed by atoms with van der Waals surface area (Å²) in [7, 11) is 0. The maximum absolute atomic E-state index is 14.9. The number of halogens is 3. The fourth-order valence-corrected chi connectivity index (χ4v) is 5.29. The van der Waals surface area contributed by atoms with Gasteiger partial charge < -0.3 is 0 Å². The molecule has 0 aliphatic heterocycles. The summed E-state index contributed by atoms with van der Waals surface area (Å²) in [6.45, 7) is 4.32. The summed E-state index contributed by atoms with van der Waals surface area (Å²) in [6.07, 6.45) is 11.3. The monoisotopic (exact) mass is 490 g/mol. The van der Waals surface area contributed by atoms with Crippen molar-refractivity contribution in [1.29, 1.82) is 0 Å². The van der Waals surface area contributed by atoms with Gasteiger partial charge in [0.05, 0.1) is 0 Å². The molecule has 1 atom stereocenters. The van der Waals surface area contributed by atoms with Crippen LogP contribution in [-0.2, 0) is 19.3 Å². The fourth-order valence-electron chi connectivity index (χ4n) is 5.29. The van der Waals surface area contributed by atoms with E-state index in [1.807, 2.05) is 36.4 Å². The van der Waals surface area contributed by atoms with Crippen LogP contribution in [0.25, 0.3) is 16.7 Å². The van der Waals surface area contributed by atoms with Gasteiger partial charge in [0, 0.05) is 11.1 Å². The van der Waals surface area contributed by atoms with Crippen molar-refractivity contribution in [3.8, 4) is 11.1 Å². The van der Waals surface area contributed by atoms with E-state index >= 15 is 0 Å². The van der Waals surface area contributed by atoms with Gasteiger partial charge in [-0.05, 0) is 84.8 Å². The number of hydrogen-bond donors (Lipinski definition) is 0. The van der Waals surface area contributed by atoms with Gasteiger partial charge in [0.1, 0.15) is 5.82 Å². The third-order valence-corrected chi connectivity index (χ3v) is 7.53. The smallest absolute Gasteiger partial charge is 0.166 e. The molecule has 0 heterocycles. The Balaban J connectivity index is 1.40. The summed E-state index contributed by atoms with van der Waals surface area (Å²) in [5, 5.41) is 0. The van der Waals surface area contributed by atoms with Crippen LogP contribution in [0.4, 0.5) is 13.2 Å². The first-order valence-corrected chi connectivity index (χ1v) is 13.5. The molecule has 1 aliphatic carbocycles. The highest BCUT2D eigenvalue weighted by Crippen LogP contribution is 2.34. The summed E-state index contributed by atoms with van der Waals surface area (Å²) < 4.78 is 44.5. The highest BCUT2D eigenvalue weighted by Gasteiger charge is 2.20. The molecule has 1 aliphatic rings. The molecule has 0 nitrogen and oxygen atoms in total. The van der Waals surface area contributed by atoms with Crippen molar-refractivity contribution in [2.45, 2.75) is 78.1 Å².